The van der Waals surface area contributed by atoms with Gasteiger partial charge in [-0.15, -0.1) is 11.3 Å². The van der Waals surface area contributed by atoms with Crippen LogP contribution < -0.4 is 29.0 Å². The highest BCUT2D eigenvalue weighted by Crippen LogP contribution is 2.46. The van der Waals surface area contributed by atoms with Crippen LogP contribution in [-0.4, -0.2) is 47.7 Å². The maximum atomic E-state index is 13.9. The Morgan fingerprint density at radius 2 is 1.65 bits per heavy atom. The van der Waals surface area contributed by atoms with Gasteiger partial charge in [0.25, 0.3) is 5.91 Å². The largest absolute Gasteiger partial charge is 0.497 e. The van der Waals surface area contributed by atoms with Crippen molar-refractivity contribution in [3.05, 3.63) is 51.9 Å². The fourth-order valence-electron chi connectivity index (χ4n) is 5.09. The summed E-state index contributed by atoms with van der Waals surface area (Å²) in [5.74, 6) is 3.01. The Balaban J connectivity index is 1.78. The molecule has 1 unspecified atom stereocenters. The van der Waals surface area contributed by atoms with Gasteiger partial charge in [-0.2, -0.15) is 0 Å². The minimum Gasteiger partial charge on any atom is -0.497 e. The van der Waals surface area contributed by atoms with Gasteiger partial charge in [0, 0.05) is 22.7 Å². The van der Waals surface area contributed by atoms with Crippen LogP contribution in [0.5, 0.6) is 28.7 Å². The number of anilines is 1. The van der Waals surface area contributed by atoms with E-state index in [0.29, 0.717) is 56.5 Å². The van der Waals surface area contributed by atoms with E-state index in [9.17, 15) is 4.79 Å². The average Bonchev–Trinajstić information content (AvgIpc) is 3.32. The van der Waals surface area contributed by atoms with Gasteiger partial charge in [0.05, 0.1) is 46.8 Å². The van der Waals surface area contributed by atoms with Gasteiger partial charge >= 0.3 is 0 Å². The number of ether oxygens (including phenoxy) is 5. The molecule has 8 nitrogen and oxygen atoms in total. The summed E-state index contributed by atoms with van der Waals surface area (Å²) < 4.78 is 27.4. The lowest BCUT2D eigenvalue weighted by molar-refractivity contribution is 0.102. The van der Waals surface area contributed by atoms with Crippen molar-refractivity contribution in [3.63, 3.8) is 0 Å². The van der Waals surface area contributed by atoms with E-state index in [4.69, 9.17) is 28.7 Å². The lowest BCUT2D eigenvalue weighted by Crippen LogP contribution is -2.27. The molecule has 0 radical (unpaired) electrons. The number of thiophene rings is 1. The highest BCUT2D eigenvalue weighted by atomic mass is 32.1. The minimum atomic E-state index is -0.232. The SMILES string of the molecule is COc1ccc(OC)c(NC(=O)c2c(N=Cc3ccc(OC)c(OC)c3OC)sc3c2CCC(C(C)(C)C)C3)c1. The molecule has 0 aliphatic heterocycles. The first-order chi connectivity index (χ1) is 19.1. The Hall–Kier alpha value is -3.72. The molecule has 1 aliphatic carbocycles. The fraction of sp³-hybridized carbons (Fsp3) is 0.419. The molecule has 0 saturated heterocycles. The number of hydrogen-bond donors (Lipinski definition) is 1. The first-order valence-corrected chi connectivity index (χ1v) is 14.0. The summed E-state index contributed by atoms with van der Waals surface area (Å²) in [6, 6.07) is 8.97. The van der Waals surface area contributed by atoms with E-state index < -0.39 is 0 Å². The maximum absolute atomic E-state index is 13.9. The van der Waals surface area contributed by atoms with Crippen LogP contribution in [0.2, 0.25) is 0 Å². The number of methoxy groups -OCH3 is 5. The molecule has 1 aromatic heterocycles. The van der Waals surface area contributed by atoms with Crippen LogP contribution in [0.4, 0.5) is 10.7 Å². The maximum Gasteiger partial charge on any atom is 0.259 e. The summed E-state index contributed by atoms with van der Waals surface area (Å²) in [5, 5.41) is 3.70. The summed E-state index contributed by atoms with van der Waals surface area (Å²) >= 11 is 1.58. The van der Waals surface area contributed by atoms with Gasteiger partial charge in [-0.25, -0.2) is 4.99 Å². The van der Waals surface area contributed by atoms with Gasteiger partial charge in [0.1, 0.15) is 16.5 Å². The fourth-order valence-corrected chi connectivity index (χ4v) is 6.36. The van der Waals surface area contributed by atoms with E-state index in [-0.39, 0.29) is 11.3 Å². The van der Waals surface area contributed by atoms with Crippen molar-refractivity contribution in [2.45, 2.75) is 40.0 Å². The number of rotatable bonds is 9. The molecule has 9 heteroatoms. The number of hydrogen-bond acceptors (Lipinski definition) is 8. The average molecular weight is 567 g/mol. The van der Waals surface area contributed by atoms with Crippen molar-refractivity contribution < 1.29 is 28.5 Å². The van der Waals surface area contributed by atoms with Gasteiger partial charge in [0.15, 0.2) is 11.5 Å². The second-order valence-corrected chi connectivity index (χ2v) is 11.8. The molecule has 0 fully saturated rings. The topological polar surface area (TPSA) is 87.6 Å². The van der Waals surface area contributed by atoms with E-state index in [1.165, 1.54) is 4.88 Å². The second kappa shape index (κ2) is 12.2. The second-order valence-electron chi connectivity index (χ2n) is 10.7. The lowest BCUT2D eigenvalue weighted by Gasteiger charge is -2.33. The zero-order valence-corrected chi connectivity index (χ0v) is 25.3. The van der Waals surface area contributed by atoms with Gasteiger partial charge < -0.3 is 29.0 Å². The Morgan fingerprint density at radius 1 is 0.950 bits per heavy atom. The van der Waals surface area contributed by atoms with E-state index in [1.807, 2.05) is 6.07 Å². The molecule has 0 spiro atoms. The minimum absolute atomic E-state index is 0.175. The number of benzene rings is 2. The highest BCUT2D eigenvalue weighted by Gasteiger charge is 2.34. The zero-order chi connectivity index (χ0) is 29.0. The summed E-state index contributed by atoms with van der Waals surface area (Å²) in [7, 11) is 7.88. The summed E-state index contributed by atoms with van der Waals surface area (Å²) in [6.07, 6.45) is 4.47. The normalized spacial score (nSPS) is 14.9. The third-order valence-electron chi connectivity index (χ3n) is 7.41. The third kappa shape index (κ3) is 5.89. The molecule has 0 saturated carbocycles. The molecule has 0 bridgehead atoms. The first-order valence-electron chi connectivity index (χ1n) is 13.2. The van der Waals surface area contributed by atoms with Crippen molar-refractivity contribution in [2.24, 2.45) is 16.3 Å². The van der Waals surface area contributed by atoms with Crippen molar-refractivity contribution in [1.29, 1.82) is 0 Å². The molecule has 1 amide bonds. The summed E-state index contributed by atoms with van der Waals surface area (Å²) in [6.45, 7) is 6.84. The number of carbonyl (C=O) groups is 1. The van der Waals surface area contributed by atoms with E-state index in [0.717, 1.165) is 24.8 Å². The van der Waals surface area contributed by atoms with Crippen LogP contribution in [0.25, 0.3) is 0 Å². The molecule has 214 valence electrons. The molecule has 1 heterocycles. The van der Waals surface area contributed by atoms with Crippen LogP contribution in [0.15, 0.2) is 35.3 Å². The number of carbonyl (C=O) groups excluding carboxylic acids is 1. The predicted octanol–water partition coefficient (Wildman–Crippen LogP) is 6.95. The van der Waals surface area contributed by atoms with Crippen LogP contribution in [0, 0.1) is 11.3 Å². The predicted molar refractivity (Wildman–Crippen MR) is 160 cm³/mol. The Kier molecular flexibility index (Phi) is 8.93. The Labute approximate surface area is 240 Å². The number of fused-ring (bicyclic) bond motifs is 1. The molecule has 1 N–H and O–H groups in total. The highest BCUT2D eigenvalue weighted by molar-refractivity contribution is 7.16. The van der Waals surface area contributed by atoms with Gasteiger partial charge in [0.2, 0.25) is 5.75 Å². The smallest absolute Gasteiger partial charge is 0.259 e. The molecule has 3 aromatic rings. The molecular formula is C31H38N2O6S. The number of aliphatic imine (C=N–C) groups is 1. The standard InChI is InChI=1S/C31H38N2O6S/c1-31(2,3)19-10-12-21-25(15-19)40-30(32-17-18-9-13-24(37-6)28(39-8)27(18)38-7)26(21)29(34)33-22-16-20(35-4)11-14-23(22)36-5/h9,11,13-14,16-17,19H,10,12,15H2,1-8H3,(H,33,34). The van der Waals surface area contributed by atoms with Crippen molar-refractivity contribution >= 4 is 34.1 Å². The van der Waals surface area contributed by atoms with Crippen LogP contribution in [0.1, 0.15) is 53.6 Å². The summed E-state index contributed by atoms with van der Waals surface area (Å²) in [4.78, 5) is 20.0. The zero-order valence-electron chi connectivity index (χ0n) is 24.5. The van der Waals surface area contributed by atoms with Crippen molar-refractivity contribution in [1.82, 2.24) is 0 Å². The van der Waals surface area contributed by atoms with Crippen LogP contribution in [0.3, 0.4) is 0 Å². The van der Waals surface area contributed by atoms with Crippen molar-refractivity contribution in [3.8, 4) is 28.7 Å². The van der Waals surface area contributed by atoms with Crippen LogP contribution >= 0.6 is 11.3 Å². The number of amides is 1. The van der Waals surface area contributed by atoms with Gasteiger partial charge in [-0.05, 0) is 60.4 Å². The van der Waals surface area contributed by atoms with E-state index >= 15 is 0 Å². The van der Waals surface area contributed by atoms with Gasteiger partial charge in [-0.3, -0.25) is 4.79 Å². The monoisotopic (exact) mass is 566 g/mol. The molecule has 1 aliphatic rings. The number of nitrogens with one attached hydrogen (secondary N) is 1. The van der Waals surface area contributed by atoms with E-state index in [2.05, 4.69) is 26.1 Å². The lowest BCUT2D eigenvalue weighted by atomic mass is 9.72. The molecule has 2 aromatic carbocycles. The first kappa shape index (κ1) is 29.3. The quantitative estimate of drug-likeness (QED) is 0.282. The van der Waals surface area contributed by atoms with Crippen molar-refractivity contribution in [2.75, 3.05) is 40.9 Å². The third-order valence-corrected chi connectivity index (χ3v) is 8.57. The Bertz CT molecular complexity index is 1410. The number of nitrogens with zero attached hydrogens (tertiary/aromatic N) is 1. The molecule has 4 rings (SSSR count). The summed E-state index contributed by atoms with van der Waals surface area (Å²) in [5.41, 5.74) is 3.07. The van der Waals surface area contributed by atoms with Gasteiger partial charge in [-0.1, -0.05) is 20.8 Å². The van der Waals surface area contributed by atoms with E-state index in [1.54, 1.807) is 77.4 Å². The molecule has 1 atom stereocenters. The van der Waals surface area contributed by atoms with Crippen LogP contribution in [-0.2, 0) is 12.8 Å². The molecular weight excluding hydrogens is 528 g/mol. The Morgan fingerprint density at radius 3 is 2.27 bits per heavy atom. The molecule has 40 heavy (non-hydrogen) atoms.